The third-order valence-electron chi connectivity index (χ3n) is 2.55. The molecule has 1 aromatic heterocycles. The summed E-state index contributed by atoms with van der Waals surface area (Å²) in [6, 6.07) is 4.03. The van der Waals surface area contributed by atoms with Crippen LogP contribution in [0.25, 0.3) is 0 Å². The smallest absolute Gasteiger partial charge is 0.0642 e. The molecule has 0 saturated carbocycles. The molecule has 1 fully saturated rings. The number of hydrogen-bond donors (Lipinski definition) is 1. The Bertz CT molecular complexity index is 294. The van der Waals surface area contributed by atoms with Crippen LogP contribution in [0, 0.1) is 0 Å². The number of aliphatic hydroxyl groups excluding tert-OH is 1. The van der Waals surface area contributed by atoms with Crippen LogP contribution in [0.15, 0.2) is 18.3 Å². The molecule has 1 aliphatic heterocycles. The van der Waals surface area contributed by atoms with Gasteiger partial charge >= 0.3 is 0 Å². The predicted molar refractivity (Wildman–Crippen MR) is 58.1 cm³/mol. The normalized spacial score (nSPS) is 16.7. The van der Waals surface area contributed by atoms with E-state index in [0.717, 1.165) is 37.7 Å². The molecule has 4 nitrogen and oxygen atoms in total. The van der Waals surface area contributed by atoms with Gasteiger partial charge in [0.1, 0.15) is 0 Å². The van der Waals surface area contributed by atoms with Gasteiger partial charge in [-0.3, -0.25) is 4.98 Å². The van der Waals surface area contributed by atoms with Crippen LogP contribution in [-0.2, 0) is 11.2 Å². The largest absolute Gasteiger partial charge is 0.396 e. The minimum absolute atomic E-state index is 0.157. The Balaban J connectivity index is 2.02. The molecular formula is C11H16N2O2. The van der Waals surface area contributed by atoms with Crippen molar-refractivity contribution in [2.45, 2.75) is 6.42 Å². The summed E-state index contributed by atoms with van der Waals surface area (Å²) in [5.74, 6) is 0. The highest BCUT2D eigenvalue weighted by Crippen LogP contribution is 2.14. The number of hydrogen-bond acceptors (Lipinski definition) is 4. The van der Waals surface area contributed by atoms with Crippen LogP contribution < -0.4 is 4.90 Å². The molecule has 15 heavy (non-hydrogen) atoms. The zero-order valence-corrected chi connectivity index (χ0v) is 8.72. The lowest BCUT2D eigenvalue weighted by molar-refractivity contribution is 0.122. The Kier molecular flexibility index (Phi) is 3.53. The van der Waals surface area contributed by atoms with Gasteiger partial charge in [0.2, 0.25) is 0 Å². The van der Waals surface area contributed by atoms with Gasteiger partial charge in [-0.15, -0.1) is 0 Å². The second kappa shape index (κ2) is 5.09. The average molecular weight is 208 g/mol. The van der Waals surface area contributed by atoms with Crippen LogP contribution in [-0.4, -0.2) is 43.0 Å². The van der Waals surface area contributed by atoms with E-state index in [1.165, 1.54) is 0 Å². The lowest BCUT2D eigenvalue weighted by Gasteiger charge is -2.28. The van der Waals surface area contributed by atoms with Crippen LogP contribution in [0.4, 0.5) is 5.69 Å². The van der Waals surface area contributed by atoms with E-state index < -0.39 is 0 Å². The minimum Gasteiger partial charge on any atom is -0.396 e. The topological polar surface area (TPSA) is 45.6 Å². The molecule has 2 heterocycles. The first-order valence-electron chi connectivity index (χ1n) is 5.28. The summed E-state index contributed by atoms with van der Waals surface area (Å²) in [7, 11) is 0. The Morgan fingerprint density at radius 1 is 1.33 bits per heavy atom. The molecule has 0 atom stereocenters. The molecule has 1 saturated heterocycles. The van der Waals surface area contributed by atoms with Crippen molar-refractivity contribution >= 4 is 5.69 Å². The van der Waals surface area contributed by atoms with Crippen molar-refractivity contribution in [1.82, 2.24) is 4.98 Å². The molecule has 0 radical (unpaired) electrons. The predicted octanol–water partition coefficient (Wildman–Crippen LogP) is 0.453. The summed E-state index contributed by atoms with van der Waals surface area (Å²) in [5, 5.41) is 8.77. The maximum Gasteiger partial charge on any atom is 0.0642 e. The molecule has 82 valence electrons. The Morgan fingerprint density at radius 3 is 2.73 bits per heavy atom. The fourth-order valence-electron chi connectivity index (χ4n) is 1.69. The molecule has 0 aromatic carbocycles. The quantitative estimate of drug-likeness (QED) is 0.783. The molecule has 2 rings (SSSR count). The number of pyridine rings is 1. The molecule has 0 bridgehead atoms. The van der Waals surface area contributed by atoms with E-state index in [-0.39, 0.29) is 6.61 Å². The summed E-state index contributed by atoms with van der Waals surface area (Å²) >= 11 is 0. The van der Waals surface area contributed by atoms with E-state index in [1.54, 1.807) is 0 Å². The minimum atomic E-state index is 0.157. The average Bonchev–Trinajstić information content (AvgIpc) is 2.32. The maximum atomic E-state index is 8.77. The van der Waals surface area contributed by atoms with Crippen molar-refractivity contribution in [3.63, 3.8) is 0 Å². The second-order valence-corrected chi connectivity index (χ2v) is 3.58. The van der Waals surface area contributed by atoms with Crippen molar-refractivity contribution < 1.29 is 9.84 Å². The highest BCUT2D eigenvalue weighted by Gasteiger charge is 2.10. The second-order valence-electron chi connectivity index (χ2n) is 3.58. The number of morpholine rings is 1. The van der Waals surface area contributed by atoms with E-state index >= 15 is 0 Å². The van der Waals surface area contributed by atoms with E-state index in [0.29, 0.717) is 6.42 Å². The van der Waals surface area contributed by atoms with Gasteiger partial charge < -0.3 is 14.7 Å². The number of ether oxygens (including phenoxy) is 1. The van der Waals surface area contributed by atoms with Crippen molar-refractivity contribution in [2.75, 3.05) is 37.8 Å². The van der Waals surface area contributed by atoms with Crippen molar-refractivity contribution in [1.29, 1.82) is 0 Å². The first-order valence-corrected chi connectivity index (χ1v) is 5.28. The first-order chi connectivity index (χ1) is 7.40. The Labute approximate surface area is 89.5 Å². The van der Waals surface area contributed by atoms with Crippen molar-refractivity contribution in [2.24, 2.45) is 0 Å². The van der Waals surface area contributed by atoms with E-state index in [4.69, 9.17) is 9.84 Å². The summed E-state index contributed by atoms with van der Waals surface area (Å²) in [4.78, 5) is 6.56. The third-order valence-corrected chi connectivity index (χ3v) is 2.55. The lowest BCUT2D eigenvalue weighted by atomic mass is 10.2. The molecule has 1 aliphatic rings. The van der Waals surface area contributed by atoms with Crippen molar-refractivity contribution in [3.8, 4) is 0 Å². The Hall–Kier alpha value is -1.13. The fraction of sp³-hybridized carbons (Fsp3) is 0.545. The van der Waals surface area contributed by atoms with E-state index in [2.05, 4.69) is 16.0 Å². The molecule has 1 N–H and O–H groups in total. The summed E-state index contributed by atoms with van der Waals surface area (Å²) < 4.78 is 5.29. The number of nitrogens with zero attached hydrogens (tertiary/aromatic N) is 2. The number of aromatic nitrogens is 1. The zero-order valence-electron chi connectivity index (χ0n) is 8.72. The SMILES string of the molecule is OCCc1ccc(N2CCOCC2)cn1. The Morgan fingerprint density at radius 2 is 2.13 bits per heavy atom. The number of rotatable bonds is 3. The summed E-state index contributed by atoms with van der Waals surface area (Å²) in [5.41, 5.74) is 2.08. The van der Waals surface area contributed by atoms with Crippen LogP contribution in [0.5, 0.6) is 0 Å². The highest BCUT2D eigenvalue weighted by molar-refractivity contribution is 5.44. The van der Waals surface area contributed by atoms with Crippen LogP contribution in [0.3, 0.4) is 0 Å². The summed E-state index contributed by atoms with van der Waals surface area (Å²) in [6.45, 7) is 3.60. The standard InChI is InChI=1S/C11H16N2O2/c14-6-3-10-1-2-11(9-12-10)13-4-7-15-8-5-13/h1-2,9,14H,3-8H2. The molecule has 0 unspecified atom stereocenters. The van der Waals surface area contributed by atoms with Gasteiger partial charge in [0.15, 0.2) is 0 Å². The van der Waals surface area contributed by atoms with Gasteiger partial charge in [-0.1, -0.05) is 0 Å². The van der Waals surface area contributed by atoms with Gasteiger partial charge in [0.05, 0.1) is 25.1 Å². The third kappa shape index (κ3) is 2.67. The molecule has 0 aliphatic carbocycles. The fourth-order valence-corrected chi connectivity index (χ4v) is 1.69. The molecule has 0 amide bonds. The number of anilines is 1. The van der Waals surface area contributed by atoms with Crippen molar-refractivity contribution in [3.05, 3.63) is 24.0 Å². The van der Waals surface area contributed by atoms with Gasteiger partial charge in [-0.25, -0.2) is 0 Å². The van der Waals surface area contributed by atoms with Crippen LogP contribution in [0.2, 0.25) is 0 Å². The van der Waals surface area contributed by atoms with Gasteiger partial charge in [-0.2, -0.15) is 0 Å². The monoisotopic (exact) mass is 208 g/mol. The van der Waals surface area contributed by atoms with E-state index in [9.17, 15) is 0 Å². The zero-order chi connectivity index (χ0) is 10.5. The highest BCUT2D eigenvalue weighted by atomic mass is 16.5. The van der Waals surface area contributed by atoms with Gasteiger partial charge in [0.25, 0.3) is 0 Å². The molecule has 1 aromatic rings. The number of aliphatic hydroxyl groups is 1. The van der Waals surface area contributed by atoms with E-state index in [1.807, 2.05) is 12.3 Å². The lowest BCUT2D eigenvalue weighted by Crippen LogP contribution is -2.36. The van der Waals surface area contributed by atoms with Gasteiger partial charge in [0, 0.05) is 31.8 Å². The molecular weight excluding hydrogens is 192 g/mol. The molecule has 4 heteroatoms. The summed E-state index contributed by atoms with van der Waals surface area (Å²) in [6.07, 6.45) is 2.50. The molecule has 0 spiro atoms. The van der Waals surface area contributed by atoms with Crippen LogP contribution >= 0.6 is 0 Å². The van der Waals surface area contributed by atoms with Crippen LogP contribution in [0.1, 0.15) is 5.69 Å². The maximum absolute atomic E-state index is 8.77. The van der Waals surface area contributed by atoms with Gasteiger partial charge in [-0.05, 0) is 12.1 Å². The first kappa shape index (κ1) is 10.4.